The Hall–Kier alpha value is -4.53. The van der Waals surface area contributed by atoms with Gasteiger partial charge in [0.05, 0.1) is 12.1 Å². The summed E-state index contributed by atoms with van der Waals surface area (Å²) in [7, 11) is 0. The van der Waals surface area contributed by atoms with E-state index in [1.807, 2.05) is 54.6 Å². The van der Waals surface area contributed by atoms with Gasteiger partial charge in [0.15, 0.2) is 11.5 Å². The number of nitrogens with zero attached hydrogens (tertiary/aromatic N) is 4. The van der Waals surface area contributed by atoms with Crippen LogP contribution in [0.1, 0.15) is 16.1 Å². The number of para-hydroxylation sites is 1. The van der Waals surface area contributed by atoms with Crippen molar-refractivity contribution in [1.82, 2.24) is 30.1 Å². The maximum atomic E-state index is 12.7. The normalized spacial score (nSPS) is 11.1. The van der Waals surface area contributed by atoms with Gasteiger partial charge in [0.25, 0.3) is 11.7 Å². The first-order valence-corrected chi connectivity index (χ1v) is 10.4. The number of ether oxygens (including phenoxy) is 1. The summed E-state index contributed by atoms with van der Waals surface area (Å²) in [5, 5.41) is 16.1. The SMILES string of the molecule is Cc1[nH]c2ccccc2c1C(=O)C(=O)NCCOc1ccc2nnc(-c3ccccc3)n2n1. The Kier molecular flexibility index (Phi) is 5.27. The number of aromatic amines is 1. The smallest absolute Gasteiger partial charge is 0.292 e. The Labute approximate surface area is 188 Å². The maximum absolute atomic E-state index is 12.7. The molecular weight excluding hydrogens is 420 g/mol. The number of hydrogen-bond donors (Lipinski definition) is 2. The average Bonchev–Trinajstić information content (AvgIpc) is 3.41. The third-order valence-electron chi connectivity index (χ3n) is 5.23. The van der Waals surface area contributed by atoms with E-state index >= 15 is 0 Å². The van der Waals surface area contributed by atoms with Crippen LogP contribution >= 0.6 is 0 Å². The highest BCUT2D eigenvalue weighted by atomic mass is 16.5. The van der Waals surface area contributed by atoms with Gasteiger partial charge in [-0.1, -0.05) is 48.5 Å². The van der Waals surface area contributed by atoms with Crippen molar-refractivity contribution in [3.63, 3.8) is 0 Å². The number of carbonyl (C=O) groups is 2. The summed E-state index contributed by atoms with van der Waals surface area (Å²) < 4.78 is 7.27. The monoisotopic (exact) mass is 440 g/mol. The molecule has 164 valence electrons. The second kappa shape index (κ2) is 8.54. The van der Waals surface area contributed by atoms with Gasteiger partial charge in [0.2, 0.25) is 5.88 Å². The van der Waals surface area contributed by atoms with E-state index in [0.29, 0.717) is 28.6 Å². The number of aryl methyl sites for hydroxylation is 1. The zero-order chi connectivity index (χ0) is 22.8. The van der Waals surface area contributed by atoms with E-state index < -0.39 is 11.7 Å². The van der Waals surface area contributed by atoms with Crippen LogP contribution < -0.4 is 10.1 Å². The fraction of sp³-hybridized carbons (Fsp3) is 0.125. The molecule has 3 aromatic heterocycles. The van der Waals surface area contributed by atoms with Crippen LogP contribution in [-0.4, -0.2) is 49.6 Å². The van der Waals surface area contributed by atoms with Crippen LogP contribution in [0.25, 0.3) is 27.9 Å². The van der Waals surface area contributed by atoms with Gasteiger partial charge in [-0.2, -0.15) is 4.52 Å². The third-order valence-corrected chi connectivity index (χ3v) is 5.23. The summed E-state index contributed by atoms with van der Waals surface area (Å²) in [5.41, 5.74) is 3.34. The van der Waals surface area contributed by atoms with Crippen molar-refractivity contribution >= 4 is 28.2 Å². The number of aromatic nitrogens is 5. The summed E-state index contributed by atoms with van der Waals surface area (Å²) in [6, 6.07) is 20.4. The molecule has 0 spiro atoms. The molecule has 5 rings (SSSR count). The summed E-state index contributed by atoms with van der Waals surface area (Å²) >= 11 is 0. The summed E-state index contributed by atoms with van der Waals surface area (Å²) in [6.07, 6.45) is 0. The van der Waals surface area contributed by atoms with Crippen LogP contribution in [-0.2, 0) is 4.79 Å². The second-order valence-corrected chi connectivity index (χ2v) is 7.44. The molecule has 5 aromatic rings. The fourth-order valence-corrected chi connectivity index (χ4v) is 3.70. The van der Waals surface area contributed by atoms with Crippen LogP contribution in [0.5, 0.6) is 5.88 Å². The lowest BCUT2D eigenvalue weighted by molar-refractivity contribution is -0.117. The lowest BCUT2D eigenvalue weighted by atomic mass is 10.1. The molecule has 0 saturated carbocycles. The van der Waals surface area contributed by atoms with E-state index in [2.05, 4.69) is 25.6 Å². The molecule has 0 aliphatic rings. The molecule has 0 aliphatic carbocycles. The summed E-state index contributed by atoms with van der Waals surface area (Å²) in [5.74, 6) is -0.307. The van der Waals surface area contributed by atoms with Crippen molar-refractivity contribution < 1.29 is 14.3 Å². The van der Waals surface area contributed by atoms with E-state index in [9.17, 15) is 9.59 Å². The number of fused-ring (bicyclic) bond motifs is 2. The van der Waals surface area contributed by atoms with Crippen molar-refractivity contribution in [2.45, 2.75) is 6.92 Å². The molecule has 0 bridgehead atoms. The average molecular weight is 440 g/mol. The van der Waals surface area contributed by atoms with Gasteiger partial charge >= 0.3 is 0 Å². The fourth-order valence-electron chi connectivity index (χ4n) is 3.70. The number of Topliss-reactive ketones (excluding diaryl/α,β-unsaturated/α-hetero) is 1. The minimum Gasteiger partial charge on any atom is -0.475 e. The van der Waals surface area contributed by atoms with Crippen molar-refractivity contribution in [3.05, 3.63) is 78.0 Å². The van der Waals surface area contributed by atoms with E-state index in [4.69, 9.17) is 4.74 Å². The predicted molar refractivity (Wildman–Crippen MR) is 122 cm³/mol. The van der Waals surface area contributed by atoms with Gasteiger partial charge in [-0.05, 0) is 19.1 Å². The Morgan fingerprint density at radius 2 is 1.79 bits per heavy atom. The van der Waals surface area contributed by atoms with Gasteiger partial charge < -0.3 is 15.0 Å². The Morgan fingerprint density at radius 3 is 2.64 bits per heavy atom. The first-order valence-electron chi connectivity index (χ1n) is 10.4. The Bertz CT molecular complexity index is 1470. The van der Waals surface area contributed by atoms with Gasteiger partial charge in [-0.15, -0.1) is 15.3 Å². The summed E-state index contributed by atoms with van der Waals surface area (Å²) in [6.45, 7) is 2.08. The zero-order valence-corrected chi connectivity index (χ0v) is 17.8. The molecule has 0 radical (unpaired) electrons. The standard InChI is InChI=1S/C24H20N6O3/c1-15-21(17-9-5-6-10-18(17)26-15)22(31)24(32)25-13-14-33-20-12-11-19-27-28-23(30(19)29-20)16-7-3-2-4-8-16/h2-12,26H,13-14H2,1H3,(H,25,32). The third kappa shape index (κ3) is 3.91. The highest BCUT2D eigenvalue weighted by molar-refractivity contribution is 6.45. The molecule has 2 N–H and O–H groups in total. The molecule has 33 heavy (non-hydrogen) atoms. The Morgan fingerprint density at radius 1 is 1.00 bits per heavy atom. The topological polar surface area (TPSA) is 114 Å². The number of hydrogen-bond acceptors (Lipinski definition) is 6. The number of nitrogens with one attached hydrogen (secondary N) is 2. The molecule has 9 heteroatoms. The first kappa shape index (κ1) is 20.4. The molecule has 1 amide bonds. The highest BCUT2D eigenvalue weighted by Crippen LogP contribution is 2.22. The van der Waals surface area contributed by atoms with Crippen molar-refractivity contribution in [1.29, 1.82) is 0 Å². The molecule has 0 unspecified atom stereocenters. The van der Waals surface area contributed by atoms with Crippen LogP contribution in [0.15, 0.2) is 66.7 Å². The molecule has 0 saturated heterocycles. The molecule has 0 aliphatic heterocycles. The lowest BCUT2D eigenvalue weighted by Gasteiger charge is -2.07. The van der Waals surface area contributed by atoms with Crippen molar-refractivity contribution in [3.8, 4) is 17.3 Å². The largest absolute Gasteiger partial charge is 0.475 e. The quantitative estimate of drug-likeness (QED) is 0.228. The number of carbonyl (C=O) groups excluding carboxylic acids is 2. The number of benzene rings is 2. The van der Waals surface area contributed by atoms with E-state index in [1.54, 1.807) is 23.6 Å². The molecule has 2 aromatic carbocycles. The van der Waals surface area contributed by atoms with Gasteiger partial charge in [0, 0.05) is 28.2 Å². The molecule has 9 nitrogen and oxygen atoms in total. The lowest BCUT2D eigenvalue weighted by Crippen LogP contribution is -2.34. The van der Waals surface area contributed by atoms with Crippen LogP contribution in [0, 0.1) is 6.92 Å². The highest BCUT2D eigenvalue weighted by Gasteiger charge is 2.22. The molecular formula is C24H20N6O3. The number of rotatable bonds is 7. The van der Waals surface area contributed by atoms with Crippen molar-refractivity contribution in [2.75, 3.05) is 13.2 Å². The summed E-state index contributed by atoms with van der Waals surface area (Å²) in [4.78, 5) is 28.2. The van der Waals surface area contributed by atoms with E-state index in [0.717, 1.165) is 16.5 Å². The first-order chi connectivity index (χ1) is 16.1. The van der Waals surface area contributed by atoms with Crippen LogP contribution in [0.2, 0.25) is 0 Å². The van der Waals surface area contributed by atoms with Gasteiger partial charge in [0.1, 0.15) is 6.61 Å². The predicted octanol–water partition coefficient (Wildman–Crippen LogP) is 2.96. The number of amides is 1. The van der Waals surface area contributed by atoms with E-state index in [-0.39, 0.29) is 13.2 Å². The molecule has 0 fully saturated rings. The minimum absolute atomic E-state index is 0.146. The Balaban J connectivity index is 1.22. The molecule has 3 heterocycles. The maximum Gasteiger partial charge on any atom is 0.292 e. The zero-order valence-electron chi connectivity index (χ0n) is 17.8. The van der Waals surface area contributed by atoms with Gasteiger partial charge in [-0.25, -0.2) is 0 Å². The van der Waals surface area contributed by atoms with E-state index in [1.165, 1.54) is 0 Å². The number of ketones is 1. The molecule has 0 atom stereocenters. The van der Waals surface area contributed by atoms with Gasteiger partial charge in [-0.3, -0.25) is 9.59 Å². The second-order valence-electron chi connectivity index (χ2n) is 7.44. The van der Waals surface area contributed by atoms with Crippen molar-refractivity contribution in [2.24, 2.45) is 0 Å². The van der Waals surface area contributed by atoms with Crippen LogP contribution in [0.3, 0.4) is 0 Å². The number of H-pyrrole nitrogens is 1. The minimum atomic E-state index is -0.681. The van der Waals surface area contributed by atoms with Crippen LogP contribution in [0.4, 0.5) is 0 Å².